The van der Waals surface area contributed by atoms with E-state index in [0.29, 0.717) is 40.5 Å². The number of piperidine rings is 1. The third-order valence-corrected chi connectivity index (χ3v) is 6.42. The van der Waals surface area contributed by atoms with E-state index in [4.69, 9.17) is 15.9 Å². The lowest BCUT2D eigenvalue weighted by Crippen LogP contribution is -2.46. The van der Waals surface area contributed by atoms with Gasteiger partial charge in [0.1, 0.15) is 16.8 Å². The van der Waals surface area contributed by atoms with Gasteiger partial charge in [-0.25, -0.2) is 0 Å². The smallest absolute Gasteiger partial charge is 0.269 e. The number of furan rings is 1. The number of nitrogens with one attached hydrogen (secondary N) is 2. The first kappa shape index (κ1) is 24.2. The van der Waals surface area contributed by atoms with E-state index in [1.54, 1.807) is 50.0 Å². The van der Waals surface area contributed by atoms with E-state index in [0.717, 1.165) is 24.2 Å². The first-order valence-electron chi connectivity index (χ1n) is 12.0. The summed E-state index contributed by atoms with van der Waals surface area (Å²) < 4.78 is 5.70. The van der Waals surface area contributed by atoms with Crippen LogP contribution in [0.25, 0.3) is 22.2 Å². The van der Waals surface area contributed by atoms with Crippen molar-refractivity contribution in [3.8, 4) is 11.1 Å². The Hall–Kier alpha value is -4.51. The van der Waals surface area contributed by atoms with Gasteiger partial charge >= 0.3 is 0 Å². The molecule has 0 unspecified atom stereocenters. The Balaban J connectivity index is 1.42. The highest BCUT2D eigenvalue weighted by atomic mass is 16.3. The molecule has 1 aliphatic rings. The summed E-state index contributed by atoms with van der Waals surface area (Å²) in [5.41, 5.74) is 16.3. The summed E-state index contributed by atoms with van der Waals surface area (Å²) in [6, 6.07) is 7.04. The van der Waals surface area contributed by atoms with Crippen molar-refractivity contribution in [1.29, 1.82) is 0 Å². The van der Waals surface area contributed by atoms with Crippen LogP contribution in [0, 0.1) is 5.92 Å². The molecule has 0 spiro atoms. The molecule has 2 atom stereocenters. The van der Waals surface area contributed by atoms with Crippen LogP contribution in [0.5, 0.6) is 0 Å². The van der Waals surface area contributed by atoms with Crippen molar-refractivity contribution in [3.05, 3.63) is 60.3 Å². The number of carbonyl (C=O) groups excluding carboxylic acids is 2. The Morgan fingerprint density at radius 2 is 1.89 bits per heavy atom. The van der Waals surface area contributed by atoms with Crippen LogP contribution in [0.15, 0.2) is 53.5 Å². The summed E-state index contributed by atoms with van der Waals surface area (Å²) in [5.74, 6) is -0.326. The number of hydrogen-bond acceptors (Lipinski definition) is 9. The second-order valence-corrected chi connectivity index (χ2v) is 9.28. The molecule has 1 aliphatic heterocycles. The number of nitrogen functional groups attached to an aromatic ring is 1. The summed E-state index contributed by atoms with van der Waals surface area (Å²) in [7, 11) is 1.55. The molecule has 4 aromatic rings. The van der Waals surface area contributed by atoms with Crippen LogP contribution in [0.1, 0.15) is 34.2 Å². The van der Waals surface area contributed by atoms with E-state index in [1.807, 2.05) is 6.07 Å². The minimum absolute atomic E-state index is 0.0377. The normalized spacial score (nSPS) is 17.5. The average Bonchev–Trinajstić information content (AvgIpc) is 3.23. The van der Waals surface area contributed by atoms with Crippen LogP contribution >= 0.6 is 0 Å². The number of carbonyl (C=O) groups is 2. The summed E-state index contributed by atoms with van der Waals surface area (Å²) in [5, 5.41) is 5.46. The lowest BCUT2D eigenvalue weighted by Gasteiger charge is -2.37. The van der Waals surface area contributed by atoms with E-state index < -0.39 is 5.91 Å². The maximum absolute atomic E-state index is 13.3. The Labute approximate surface area is 213 Å². The molecule has 0 radical (unpaired) electrons. The van der Waals surface area contributed by atoms with E-state index in [2.05, 4.69) is 37.4 Å². The molecule has 0 saturated carbocycles. The topological polar surface area (TPSA) is 165 Å². The molecule has 0 bridgehead atoms. The van der Waals surface area contributed by atoms with Crippen molar-refractivity contribution >= 4 is 40.2 Å². The lowest BCUT2D eigenvalue weighted by molar-refractivity contribution is 0.0957. The zero-order valence-electron chi connectivity index (χ0n) is 20.6. The van der Waals surface area contributed by atoms with Crippen LogP contribution in [0.2, 0.25) is 0 Å². The van der Waals surface area contributed by atoms with Crippen molar-refractivity contribution in [2.45, 2.75) is 19.4 Å². The molecule has 1 saturated heterocycles. The molecule has 2 amide bonds. The molecule has 4 aromatic heterocycles. The predicted octanol–water partition coefficient (Wildman–Crippen LogP) is 2.65. The number of amides is 2. The van der Waals surface area contributed by atoms with Crippen molar-refractivity contribution in [1.82, 2.24) is 20.3 Å². The highest BCUT2D eigenvalue weighted by Crippen LogP contribution is 2.33. The number of anilines is 3. The molecule has 1 fully saturated rings. The number of nitrogens with zero attached hydrogens (tertiary/aromatic N) is 4. The van der Waals surface area contributed by atoms with E-state index >= 15 is 0 Å². The molecule has 5 heterocycles. The van der Waals surface area contributed by atoms with E-state index in [9.17, 15) is 9.59 Å². The molecule has 11 nitrogen and oxygen atoms in total. The third-order valence-electron chi connectivity index (χ3n) is 6.42. The standard InChI is InChI=1S/C26H28N8O3/c1-14-7-17(27)13-34(12-14)20-5-6-30-11-19(20)33-26(36)22-23-21(37-24(22)28)8-16(10-32-23)15-3-4-18(31-9-15)25(35)29-2/h3-6,8-11,14,17H,7,12-13,27-28H2,1-2H3,(H,29,35)(H,33,36)/t14-,17+/m1/s1. The molecule has 6 N–H and O–H groups in total. The SMILES string of the molecule is CNC(=O)c1ccc(-c2cnc3c(C(=O)Nc4cnccc4N4C[C@H](C)C[C@H](N)C4)c(N)oc3c2)cn1. The van der Waals surface area contributed by atoms with E-state index in [-0.39, 0.29) is 23.4 Å². The van der Waals surface area contributed by atoms with Gasteiger partial charge in [0.25, 0.3) is 11.8 Å². The Morgan fingerprint density at radius 3 is 2.62 bits per heavy atom. The number of nitrogens with two attached hydrogens (primary N) is 2. The molecule has 0 aliphatic carbocycles. The van der Waals surface area contributed by atoms with Crippen molar-refractivity contribution < 1.29 is 14.0 Å². The highest BCUT2D eigenvalue weighted by Gasteiger charge is 2.26. The Kier molecular flexibility index (Phi) is 6.45. The fraction of sp³-hybridized carbons (Fsp3) is 0.269. The Bertz CT molecular complexity index is 1460. The van der Waals surface area contributed by atoms with Crippen LogP contribution in [-0.4, -0.2) is 52.9 Å². The van der Waals surface area contributed by atoms with Gasteiger partial charge in [0.05, 0.1) is 17.6 Å². The van der Waals surface area contributed by atoms with Gasteiger partial charge in [-0.3, -0.25) is 24.5 Å². The van der Waals surface area contributed by atoms with E-state index in [1.165, 1.54) is 0 Å². The second-order valence-electron chi connectivity index (χ2n) is 9.28. The number of rotatable bonds is 5. The lowest BCUT2D eigenvalue weighted by atomic mass is 9.96. The van der Waals surface area contributed by atoms with Crippen molar-refractivity contribution in [2.24, 2.45) is 11.7 Å². The van der Waals surface area contributed by atoms with Gasteiger partial charge in [-0.2, -0.15) is 0 Å². The molecule has 190 valence electrons. The fourth-order valence-corrected chi connectivity index (χ4v) is 4.74. The molecular formula is C26H28N8O3. The van der Waals surface area contributed by atoms with Crippen LogP contribution < -0.4 is 27.0 Å². The Morgan fingerprint density at radius 1 is 1.08 bits per heavy atom. The largest absolute Gasteiger partial charge is 0.438 e. The number of pyridine rings is 3. The third kappa shape index (κ3) is 4.81. The number of fused-ring (bicyclic) bond motifs is 1. The summed E-state index contributed by atoms with van der Waals surface area (Å²) in [4.78, 5) is 40.1. The van der Waals surface area contributed by atoms with Gasteiger partial charge in [0.2, 0.25) is 5.88 Å². The maximum atomic E-state index is 13.3. The summed E-state index contributed by atoms with van der Waals surface area (Å²) in [6.07, 6.45) is 7.44. The number of hydrogen-bond donors (Lipinski definition) is 4. The monoisotopic (exact) mass is 500 g/mol. The first-order valence-corrected chi connectivity index (χ1v) is 12.0. The predicted molar refractivity (Wildman–Crippen MR) is 141 cm³/mol. The van der Waals surface area contributed by atoms with Gasteiger partial charge in [-0.05, 0) is 30.5 Å². The second kappa shape index (κ2) is 9.86. The van der Waals surface area contributed by atoms with Gasteiger partial charge < -0.3 is 31.4 Å². The fourth-order valence-electron chi connectivity index (χ4n) is 4.74. The quantitative estimate of drug-likeness (QED) is 0.322. The molecule has 37 heavy (non-hydrogen) atoms. The number of aromatic nitrogens is 3. The minimum Gasteiger partial charge on any atom is -0.438 e. The van der Waals surface area contributed by atoms with Gasteiger partial charge in [-0.15, -0.1) is 0 Å². The minimum atomic E-state index is -0.447. The summed E-state index contributed by atoms with van der Waals surface area (Å²) >= 11 is 0. The van der Waals surface area contributed by atoms with Crippen LogP contribution in [-0.2, 0) is 0 Å². The zero-order valence-corrected chi connectivity index (χ0v) is 20.6. The van der Waals surface area contributed by atoms with Crippen molar-refractivity contribution in [3.63, 3.8) is 0 Å². The maximum Gasteiger partial charge on any atom is 0.269 e. The van der Waals surface area contributed by atoms with Gasteiger partial charge in [0.15, 0.2) is 5.58 Å². The molecular weight excluding hydrogens is 472 g/mol. The van der Waals surface area contributed by atoms with Crippen molar-refractivity contribution in [2.75, 3.05) is 36.1 Å². The summed E-state index contributed by atoms with van der Waals surface area (Å²) in [6.45, 7) is 3.69. The first-order chi connectivity index (χ1) is 17.8. The zero-order chi connectivity index (χ0) is 26.1. The van der Waals surface area contributed by atoms with Gasteiger partial charge in [0, 0.05) is 55.9 Å². The van der Waals surface area contributed by atoms with Crippen LogP contribution in [0.4, 0.5) is 17.3 Å². The molecule has 11 heteroatoms. The van der Waals surface area contributed by atoms with Crippen LogP contribution in [0.3, 0.4) is 0 Å². The highest BCUT2D eigenvalue weighted by molar-refractivity contribution is 6.15. The van der Waals surface area contributed by atoms with Gasteiger partial charge in [-0.1, -0.05) is 13.0 Å². The average molecular weight is 501 g/mol. The molecule has 0 aromatic carbocycles. The molecule has 5 rings (SSSR count).